The lowest BCUT2D eigenvalue weighted by Crippen LogP contribution is -2.37. The number of allylic oxidation sites excluding steroid dienone is 2. The van der Waals surface area contributed by atoms with Crippen LogP contribution < -0.4 is 4.89 Å². The van der Waals surface area contributed by atoms with Crippen LogP contribution in [0, 0.1) is 0 Å². The van der Waals surface area contributed by atoms with Gasteiger partial charge in [-0.05, 0) is 38.5 Å². The number of hydrogen-bond donors (Lipinski definition) is 0. The molecule has 0 amide bonds. The lowest BCUT2D eigenvalue weighted by molar-refractivity contribution is -0.870. The van der Waals surface area contributed by atoms with Crippen LogP contribution in [0.2, 0.25) is 0 Å². The molecule has 0 rings (SSSR count). The van der Waals surface area contributed by atoms with Crippen LogP contribution >= 0.6 is 7.82 Å². The van der Waals surface area contributed by atoms with Crippen LogP contribution in [0.3, 0.4) is 0 Å². The van der Waals surface area contributed by atoms with Crippen molar-refractivity contribution in [3.05, 3.63) is 12.2 Å². The van der Waals surface area contributed by atoms with Gasteiger partial charge in [-0.25, -0.2) is 0 Å². The number of rotatable bonds is 42. The maximum Gasteiger partial charge on any atom is 0.306 e. The van der Waals surface area contributed by atoms with Gasteiger partial charge in [0.2, 0.25) is 0 Å². The quantitative estimate of drug-likeness (QED) is 0.0197. The van der Waals surface area contributed by atoms with Crippen LogP contribution in [0.1, 0.15) is 213 Å². The highest BCUT2D eigenvalue weighted by Gasteiger charge is 2.21. The summed E-state index contributed by atoms with van der Waals surface area (Å²) in [7, 11) is 1.17. The largest absolute Gasteiger partial charge is 0.756 e. The standard InChI is InChI=1S/C45H88NO8P/c1-6-8-10-12-14-16-18-20-21-22-23-24-25-26-28-29-31-33-35-37-44(47)51-41-43(42-53-55(49,50)52-40-39-46(3,4)5)54-45(48)38-36-34-32-30-27-19-17-15-13-11-9-7-2/h22-23,43H,6-21,24-42H2,1-5H3/b23-22-/t43-/m1/s1. The van der Waals surface area contributed by atoms with Crippen molar-refractivity contribution in [3.63, 3.8) is 0 Å². The molecule has 0 aliphatic carbocycles. The summed E-state index contributed by atoms with van der Waals surface area (Å²) in [5.74, 6) is -0.830. The van der Waals surface area contributed by atoms with E-state index in [0.717, 1.165) is 38.5 Å². The van der Waals surface area contributed by atoms with Gasteiger partial charge < -0.3 is 27.9 Å². The van der Waals surface area contributed by atoms with Gasteiger partial charge in [-0.15, -0.1) is 0 Å². The van der Waals surface area contributed by atoms with Crippen molar-refractivity contribution in [1.82, 2.24) is 0 Å². The Bertz CT molecular complexity index is 954. The first-order valence-electron chi connectivity index (χ1n) is 22.9. The molecule has 0 aromatic carbocycles. The van der Waals surface area contributed by atoms with E-state index in [4.69, 9.17) is 18.5 Å². The molecule has 2 atom stereocenters. The summed E-state index contributed by atoms with van der Waals surface area (Å²) in [5.41, 5.74) is 0. The number of quaternary nitrogens is 1. The van der Waals surface area contributed by atoms with E-state index in [1.165, 1.54) is 141 Å². The van der Waals surface area contributed by atoms with Gasteiger partial charge in [0.15, 0.2) is 6.10 Å². The third-order valence-corrected chi connectivity index (χ3v) is 11.0. The van der Waals surface area contributed by atoms with Gasteiger partial charge in [0, 0.05) is 12.8 Å². The normalized spacial score (nSPS) is 13.6. The molecule has 9 nitrogen and oxygen atoms in total. The molecule has 55 heavy (non-hydrogen) atoms. The van der Waals surface area contributed by atoms with Crippen LogP contribution in [0.4, 0.5) is 0 Å². The average Bonchev–Trinajstić information content (AvgIpc) is 3.13. The van der Waals surface area contributed by atoms with Gasteiger partial charge in [0.25, 0.3) is 7.82 Å². The van der Waals surface area contributed by atoms with Crippen LogP contribution in [-0.2, 0) is 32.7 Å². The summed E-state index contributed by atoms with van der Waals surface area (Å²) in [4.78, 5) is 37.5. The Hall–Kier alpha value is -1.25. The molecular formula is C45H88NO8P. The highest BCUT2D eigenvalue weighted by atomic mass is 31.2. The van der Waals surface area contributed by atoms with E-state index in [1.54, 1.807) is 0 Å². The zero-order valence-corrected chi connectivity index (χ0v) is 37.5. The van der Waals surface area contributed by atoms with Crippen LogP contribution in [0.25, 0.3) is 0 Å². The molecule has 0 spiro atoms. The lowest BCUT2D eigenvalue weighted by atomic mass is 10.0. The van der Waals surface area contributed by atoms with Crippen molar-refractivity contribution in [3.8, 4) is 0 Å². The topological polar surface area (TPSA) is 111 Å². The first kappa shape index (κ1) is 53.8. The van der Waals surface area contributed by atoms with Crippen molar-refractivity contribution in [2.24, 2.45) is 0 Å². The number of phosphoric ester groups is 1. The SMILES string of the molecule is CCCCCCCCCC/C=C\CCCCCCCCCC(=O)OC[C@H](COP(=O)([O-])OCC[N+](C)(C)C)OC(=O)CCCCCCCCCCCCCC. The molecule has 10 heteroatoms. The number of carbonyl (C=O) groups excluding carboxylic acids is 2. The van der Waals surface area contributed by atoms with E-state index >= 15 is 0 Å². The summed E-state index contributed by atoms with van der Waals surface area (Å²) in [6.45, 7) is 4.24. The molecular weight excluding hydrogens is 713 g/mol. The maximum atomic E-state index is 12.6. The molecule has 0 heterocycles. The van der Waals surface area contributed by atoms with Crippen LogP contribution in [0.15, 0.2) is 12.2 Å². The van der Waals surface area contributed by atoms with Gasteiger partial charge in [0.05, 0.1) is 27.7 Å². The minimum absolute atomic E-state index is 0.0283. The number of unbranched alkanes of at least 4 members (excludes halogenated alkanes) is 26. The molecule has 0 saturated carbocycles. The Labute approximate surface area is 339 Å². The minimum atomic E-state index is -4.62. The first-order valence-corrected chi connectivity index (χ1v) is 24.4. The predicted octanol–water partition coefficient (Wildman–Crippen LogP) is 12.3. The second-order valence-corrected chi connectivity index (χ2v) is 18.2. The predicted molar refractivity (Wildman–Crippen MR) is 227 cm³/mol. The molecule has 0 N–H and O–H groups in total. The Morgan fingerprint density at radius 1 is 0.545 bits per heavy atom. The summed E-state index contributed by atoms with van der Waals surface area (Å²) < 4.78 is 33.9. The molecule has 0 aromatic heterocycles. The molecule has 0 fully saturated rings. The highest BCUT2D eigenvalue weighted by molar-refractivity contribution is 7.45. The van der Waals surface area contributed by atoms with Crippen molar-refractivity contribution in [1.29, 1.82) is 0 Å². The van der Waals surface area contributed by atoms with Gasteiger partial charge in [-0.3, -0.25) is 14.2 Å². The van der Waals surface area contributed by atoms with Gasteiger partial charge in [-0.2, -0.15) is 0 Å². The Morgan fingerprint density at radius 3 is 1.35 bits per heavy atom. The van der Waals surface area contributed by atoms with Crippen molar-refractivity contribution in [2.45, 2.75) is 219 Å². The lowest BCUT2D eigenvalue weighted by Gasteiger charge is -2.28. The first-order chi connectivity index (χ1) is 26.5. The second kappa shape index (κ2) is 38.3. The van der Waals surface area contributed by atoms with E-state index < -0.39 is 26.5 Å². The Morgan fingerprint density at radius 2 is 0.927 bits per heavy atom. The highest BCUT2D eigenvalue weighted by Crippen LogP contribution is 2.38. The fourth-order valence-corrected chi connectivity index (χ4v) is 7.14. The zero-order valence-electron chi connectivity index (χ0n) is 36.6. The zero-order chi connectivity index (χ0) is 40.7. The summed E-state index contributed by atoms with van der Waals surface area (Å²) in [5, 5.41) is 0. The van der Waals surface area contributed by atoms with Crippen molar-refractivity contribution in [2.75, 3.05) is 47.5 Å². The fraction of sp³-hybridized carbons (Fsp3) is 0.911. The fourth-order valence-electron chi connectivity index (χ4n) is 6.41. The number of nitrogens with zero attached hydrogens (tertiary/aromatic N) is 1. The third kappa shape index (κ3) is 42.2. The smallest absolute Gasteiger partial charge is 0.306 e. The van der Waals surface area contributed by atoms with Gasteiger partial charge in [0.1, 0.15) is 19.8 Å². The third-order valence-electron chi connectivity index (χ3n) is 10.0. The number of likely N-dealkylation sites (N-methyl/N-ethyl adjacent to an activating group) is 1. The molecule has 0 aromatic rings. The van der Waals surface area contributed by atoms with E-state index in [1.807, 2.05) is 21.1 Å². The van der Waals surface area contributed by atoms with E-state index in [9.17, 15) is 19.0 Å². The average molecular weight is 802 g/mol. The number of esters is 2. The Balaban J connectivity index is 4.27. The monoisotopic (exact) mass is 802 g/mol. The van der Waals surface area contributed by atoms with E-state index in [2.05, 4.69) is 26.0 Å². The molecule has 1 unspecified atom stereocenters. The van der Waals surface area contributed by atoms with Crippen molar-refractivity contribution >= 4 is 19.8 Å². The number of hydrogen-bond acceptors (Lipinski definition) is 8. The number of phosphoric acid groups is 1. The molecule has 0 saturated heterocycles. The molecule has 0 aliphatic heterocycles. The van der Waals surface area contributed by atoms with Gasteiger partial charge in [-0.1, -0.05) is 174 Å². The summed E-state index contributed by atoms with van der Waals surface area (Å²) >= 11 is 0. The van der Waals surface area contributed by atoms with Crippen LogP contribution in [0.5, 0.6) is 0 Å². The molecule has 0 radical (unpaired) electrons. The summed E-state index contributed by atoms with van der Waals surface area (Å²) in [6, 6.07) is 0. The molecule has 0 bridgehead atoms. The molecule has 0 aliphatic rings. The van der Waals surface area contributed by atoms with Gasteiger partial charge >= 0.3 is 11.9 Å². The van der Waals surface area contributed by atoms with Crippen molar-refractivity contribution < 1.29 is 42.1 Å². The van der Waals surface area contributed by atoms with Crippen LogP contribution in [-0.4, -0.2) is 70.0 Å². The maximum absolute atomic E-state index is 12.6. The van der Waals surface area contributed by atoms with E-state index in [-0.39, 0.29) is 32.0 Å². The van der Waals surface area contributed by atoms with E-state index in [0.29, 0.717) is 17.4 Å². The number of ether oxygens (including phenoxy) is 2. The Kier molecular flexibility index (Phi) is 37.4. The molecule has 326 valence electrons. The minimum Gasteiger partial charge on any atom is -0.756 e. The second-order valence-electron chi connectivity index (χ2n) is 16.8. The number of carbonyl (C=O) groups is 2. The summed E-state index contributed by atoms with van der Waals surface area (Å²) in [6.07, 6.45) is 39.5.